The van der Waals surface area contributed by atoms with E-state index in [1.54, 1.807) is 0 Å². The predicted molar refractivity (Wildman–Crippen MR) is 51.3 cm³/mol. The van der Waals surface area contributed by atoms with Gasteiger partial charge in [-0.25, -0.2) is 4.79 Å². The van der Waals surface area contributed by atoms with E-state index in [9.17, 15) is 22.8 Å². The molecule has 1 rings (SSSR count). The normalized spacial score (nSPS) is 11.2. The lowest BCUT2D eigenvalue weighted by molar-refractivity contribution is -0.138. The highest BCUT2D eigenvalue weighted by molar-refractivity contribution is 5.93. The molecule has 1 aromatic rings. The number of carbonyl (C=O) groups is 2. The molecule has 7 heteroatoms. The first-order chi connectivity index (χ1) is 7.73. The van der Waals surface area contributed by atoms with E-state index in [1.807, 2.05) is 0 Å². The second-order valence-electron chi connectivity index (χ2n) is 3.29. The van der Waals surface area contributed by atoms with Crippen molar-refractivity contribution in [2.24, 2.45) is 5.73 Å². The molecular weight excluding hydrogens is 239 g/mol. The van der Waals surface area contributed by atoms with E-state index < -0.39 is 35.6 Å². The van der Waals surface area contributed by atoms with Gasteiger partial charge in [-0.1, -0.05) is 12.1 Å². The van der Waals surface area contributed by atoms with Gasteiger partial charge in [0, 0.05) is 0 Å². The maximum absolute atomic E-state index is 12.5. The largest absolute Gasteiger partial charge is 0.478 e. The summed E-state index contributed by atoms with van der Waals surface area (Å²) in [5, 5.41) is 8.77. The average molecular weight is 247 g/mol. The fourth-order valence-electron chi connectivity index (χ4n) is 1.42. The first-order valence-electron chi connectivity index (χ1n) is 4.44. The van der Waals surface area contributed by atoms with Crippen LogP contribution in [0.15, 0.2) is 18.2 Å². The Morgan fingerprint density at radius 1 is 1.29 bits per heavy atom. The van der Waals surface area contributed by atoms with Crippen LogP contribution in [0, 0.1) is 0 Å². The molecule has 4 nitrogen and oxygen atoms in total. The number of amides is 1. The maximum atomic E-state index is 12.5. The second-order valence-corrected chi connectivity index (χ2v) is 3.29. The van der Waals surface area contributed by atoms with Gasteiger partial charge in [0.2, 0.25) is 5.91 Å². The van der Waals surface area contributed by atoms with E-state index in [2.05, 4.69) is 0 Å². The van der Waals surface area contributed by atoms with Crippen LogP contribution >= 0.6 is 0 Å². The highest BCUT2D eigenvalue weighted by Crippen LogP contribution is 2.33. The van der Waals surface area contributed by atoms with Crippen LogP contribution in [0.25, 0.3) is 0 Å². The molecule has 0 unspecified atom stereocenters. The third-order valence-corrected chi connectivity index (χ3v) is 2.03. The Morgan fingerprint density at radius 2 is 1.88 bits per heavy atom. The van der Waals surface area contributed by atoms with Crippen LogP contribution in [0.4, 0.5) is 13.2 Å². The molecule has 0 spiro atoms. The third-order valence-electron chi connectivity index (χ3n) is 2.03. The molecule has 92 valence electrons. The molecule has 0 bridgehead atoms. The van der Waals surface area contributed by atoms with Crippen LogP contribution in [-0.4, -0.2) is 17.0 Å². The highest BCUT2D eigenvalue weighted by Gasteiger charge is 2.36. The zero-order chi connectivity index (χ0) is 13.2. The van der Waals surface area contributed by atoms with Gasteiger partial charge in [-0.05, 0) is 11.6 Å². The van der Waals surface area contributed by atoms with E-state index in [-0.39, 0.29) is 5.56 Å². The van der Waals surface area contributed by atoms with Crippen LogP contribution in [0.5, 0.6) is 0 Å². The number of aromatic carboxylic acids is 1. The molecule has 3 N–H and O–H groups in total. The van der Waals surface area contributed by atoms with Gasteiger partial charge in [0.05, 0.1) is 17.5 Å². The van der Waals surface area contributed by atoms with E-state index in [4.69, 9.17) is 10.8 Å². The molecule has 0 fully saturated rings. The Balaban J connectivity index is 3.43. The van der Waals surface area contributed by atoms with Crippen LogP contribution in [0.3, 0.4) is 0 Å². The summed E-state index contributed by atoms with van der Waals surface area (Å²) in [5.74, 6) is -2.64. The van der Waals surface area contributed by atoms with Crippen molar-refractivity contribution >= 4 is 11.9 Å². The van der Waals surface area contributed by atoms with Crippen LogP contribution in [0.1, 0.15) is 21.5 Å². The van der Waals surface area contributed by atoms with Crippen molar-refractivity contribution in [2.45, 2.75) is 12.6 Å². The molecule has 0 aliphatic heterocycles. The second kappa shape index (κ2) is 4.44. The van der Waals surface area contributed by atoms with Crippen molar-refractivity contribution in [1.82, 2.24) is 0 Å². The van der Waals surface area contributed by atoms with Crippen molar-refractivity contribution in [1.29, 1.82) is 0 Å². The van der Waals surface area contributed by atoms with Gasteiger partial charge in [0.25, 0.3) is 0 Å². The lowest BCUT2D eigenvalue weighted by Crippen LogP contribution is -2.20. The van der Waals surface area contributed by atoms with Gasteiger partial charge >= 0.3 is 12.1 Å². The molecule has 1 aromatic carbocycles. The Hall–Kier alpha value is -2.05. The number of carboxylic acids is 1. The monoisotopic (exact) mass is 247 g/mol. The molecule has 0 saturated carbocycles. The number of hydrogen-bond donors (Lipinski definition) is 2. The highest BCUT2D eigenvalue weighted by atomic mass is 19.4. The van der Waals surface area contributed by atoms with Gasteiger partial charge in [0.1, 0.15) is 0 Å². The summed E-state index contributed by atoms with van der Waals surface area (Å²) in [7, 11) is 0. The minimum Gasteiger partial charge on any atom is -0.478 e. The number of hydrogen-bond acceptors (Lipinski definition) is 2. The summed E-state index contributed by atoms with van der Waals surface area (Å²) < 4.78 is 37.6. The number of carbonyl (C=O) groups excluding carboxylic acids is 1. The third kappa shape index (κ3) is 2.96. The molecule has 17 heavy (non-hydrogen) atoms. The number of carboxylic acid groups (broad SMARTS) is 1. The lowest BCUT2D eigenvalue weighted by Gasteiger charge is -2.13. The first-order valence-corrected chi connectivity index (χ1v) is 4.44. The first kappa shape index (κ1) is 13.0. The molecule has 0 aromatic heterocycles. The quantitative estimate of drug-likeness (QED) is 0.847. The molecule has 0 aliphatic carbocycles. The SMILES string of the molecule is NC(=O)Cc1cccc(C(F)(F)F)c1C(=O)O. The minimum absolute atomic E-state index is 0.250. The lowest BCUT2D eigenvalue weighted by atomic mass is 9.98. The van der Waals surface area contributed by atoms with Crippen molar-refractivity contribution in [3.8, 4) is 0 Å². The van der Waals surface area contributed by atoms with Crippen molar-refractivity contribution in [3.63, 3.8) is 0 Å². The number of nitrogens with two attached hydrogens (primary N) is 1. The summed E-state index contributed by atoms with van der Waals surface area (Å²) in [5.41, 5.74) is 2.37. The minimum atomic E-state index is -4.79. The molecule has 1 amide bonds. The van der Waals surface area contributed by atoms with Crippen LogP contribution in [0.2, 0.25) is 0 Å². The summed E-state index contributed by atoms with van der Waals surface area (Å²) >= 11 is 0. The molecule has 0 saturated heterocycles. The van der Waals surface area contributed by atoms with E-state index in [0.717, 1.165) is 12.1 Å². The number of benzene rings is 1. The Bertz CT molecular complexity index is 468. The fraction of sp³-hybridized carbons (Fsp3) is 0.200. The van der Waals surface area contributed by atoms with Crippen molar-refractivity contribution < 1.29 is 27.9 Å². The molecule has 0 heterocycles. The number of primary amides is 1. The maximum Gasteiger partial charge on any atom is 0.417 e. The number of alkyl halides is 3. The zero-order valence-corrected chi connectivity index (χ0v) is 8.41. The van der Waals surface area contributed by atoms with Gasteiger partial charge in [-0.3, -0.25) is 4.79 Å². The number of halogens is 3. The van der Waals surface area contributed by atoms with E-state index in [1.165, 1.54) is 0 Å². The van der Waals surface area contributed by atoms with Gasteiger partial charge < -0.3 is 10.8 Å². The summed E-state index contributed by atoms with van der Waals surface area (Å²) in [6.45, 7) is 0. The van der Waals surface area contributed by atoms with Gasteiger partial charge in [-0.15, -0.1) is 0 Å². The van der Waals surface area contributed by atoms with Crippen molar-refractivity contribution in [2.75, 3.05) is 0 Å². The van der Waals surface area contributed by atoms with E-state index >= 15 is 0 Å². The van der Waals surface area contributed by atoms with E-state index in [0.29, 0.717) is 6.07 Å². The van der Waals surface area contributed by atoms with Gasteiger partial charge in [-0.2, -0.15) is 13.2 Å². The summed E-state index contributed by atoms with van der Waals surface area (Å²) in [6.07, 6.45) is -5.34. The molecular formula is C10H8F3NO3. The number of rotatable bonds is 3. The Morgan fingerprint density at radius 3 is 2.29 bits per heavy atom. The average Bonchev–Trinajstić information content (AvgIpc) is 2.14. The Kier molecular flexibility index (Phi) is 3.40. The zero-order valence-electron chi connectivity index (χ0n) is 8.41. The van der Waals surface area contributed by atoms with Crippen LogP contribution < -0.4 is 5.73 Å². The Labute approximate surface area is 93.8 Å². The smallest absolute Gasteiger partial charge is 0.417 e. The van der Waals surface area contributed by atoms with Crippen molar-refractivity contribution in [3.05, 3.63) is 34.9 Å². The topological polar surface area (TPSA) is 80.4 Å². The summed E-state index contributed by atoms with van der Waals surface area (Å²) in [4.78, 5) is 21.5. The standard InChI is InChI=1S/C10H8F3NO3/c11-10(12,13)6-3-1-2-5(4-7(14)15)8(6)9(16)17/h1-3H,4H2,(H2,14,15)(H,16,17). The molecule has 0 aliphatic rings. The molecule has 0 radical (unpaired) electrons. The van der Waals surface area contributed by atoms with Crippen LogP contribution in [-0.2, 0) is 17.4 Å². The van der Waals surface area contributed by atoms with Gasteiger partial charge in [0.15, 0.2) is 0 Å². The predicted octanol–water partition coefficient (Wildman–Crippen LogP) is 1.43. The molecule has 0 atom stereocenters. The fourth-order valence-corrected chi connectivity index (χ4v) is 1.42. The summed E-state index contributed by atoms with van der Waals surface area (Å²) in [6, 6.07) is 2.81.